The van der Waals surface area contributed by atoms with Crippen molar-refractivity contribution in [3.8, 4) is 0 Å². The van der Waals surface area contributed by atoms with Crippen LogP contribution in [0.2, 0.25) is 0 Å². The fourth-order valence-corrected chi connectivity index (χ4v) is 1.94. The fourth-order valence-electron chi connectivity index (χ4n) is 1.94. The molecule has 9 heteroatoms. The van der Waals surface area contributed by atoms with Gasteiger partial charge < -0.3 is 30.5 Å². The van der Waals surface area contributed by atoms with E-state index in [9.17, 15) is 15.0 Å². The third-order valence-electron chi connectivity index (χ3n) is 3.00. The molecule has 9 nitrogen and oxygen atoms in total. The van der Waals surface area contributed by atoms with E-state index in [1.807, 2.05) is 0 Å². The normalized spacial score (nSPS) is 30.5. The van der Waals surface area contributed by atoms with Gasteiger partial charge in [0, 0.05) is 0 Å². The Bertz CT molecular complexity index is 476. The average Bonchev–Trinajstić information content (AvgIpc) is 2.91. The summed E-state index contributed by atoms with van der Waals surface area (Å²) in [7, 11) is 1.19. The van der Waals surface area contributed by atoms with E-state index in [0.717, 1.165) is 0 Å². The first-order chi connectivity index (χ1) is 9.01. The highest BCUT2D eigenvalue weighted by Gasteiger charge is 2.44. The minimum absolute atomic E-state index is 0.0540. The van der Waals surface area contributed by atoms with Crippen molar-refractivity contribution in [1.29, 1.82) is 0 Å². The number of carbonyl (C=O) groups excluding carboxylic acids is 1. The number of nitrogen functional groups attached to an aromatic ring is 1. The van der Waals surface area contributed by atoms with Gasteiger partial charge in [0.1, 0.15) is 24.1 Å². The number of aromatic nitrogens is 2. The van der Waals surface area contributed by atoms with Crippen LogP contribution in [0, 0.1) is 0 Å². The van der Waals surface area contributed by atoms with Crippen molar-refractivity contribution in [2.75, 3.05) is 19.5 Å². The molecule has 2 rings (SSSR count). The molecule has 4 atom stereocenters. The topological polar surface area (TPSA) is 140 Å². The molecule has 5 N–H and O–H groups in total. The van der Waals surface area contributed by atoms with Gasteiger partial charge in [0.2, 0.25) is 0 Å². The van der Waals surface area contributed by atoms with Crippen molar-refractivity contribution in [3.63, 3.8) is 0 Å². The van der Waals surface area contributed by atoms with Gasteiger partial charge in [-0.3, -0.25) is 4.57 Å². The maximum atomic E-state index is 11.4. The number of carbonyl (C=O) groups is 1. The Morgan fingerprint density at radius 3 is 2.79 bits per heavy atom. The maximum absolute atomic E-state index is 11.4. The zero-order valence-corrected chi connectivity index (χ0v) is 10.1. The van der Waals surface area contributed by atoms with Crippen LogP contribution in [0.5, 0.6) is 0 Å². The van der Waals surface area contributed by atoms with Crippen LogP contribution >= 0.6 is 0 Å². The highest BCUT2D eigenvalue weighted by molar-refractivity contribution is 5.92. The van der Waals surface area contributed by atoms with Gasteiger partial charge in [-0.2, -0.15) is 0 Å². The third-order valence-corrected chi connectivity index (χ3v) is 3.00. The van der Waals surface area contributed by atoms with E-state index < -0.39 is 37.1 Å². The number of methoxy groups -OCH3 is 1. The Kier molecular flexibility index (Phi) is 3.71. The molecule has 0 unspecified atom stereocenters. The zero-order chi connectivity index (χ0) is 14.2. The molecule has 0 bridgehead atoms. The predicted octanol–water partition coefficient (Wildman–Crippen LogP) is -2.14. The number of ether oxygens (including phenoxy) is 2. The van der Waals surface area contributed by atoms with Crippen molar-refractivity contribution >= 4 is 11.8 Å². The van der Waals surface area contributed by atoms with Gasteiger partial charge >= 0.3 is 5.97 Å². The Morgan fingerprint density at radius 1 is 1.58 bits per heavy atom. The van der Waals surface area contributed by atoms with E-state index in [0.29, 0.717) is 0 Å². The summed E-state index contributed by atoms with van der Waals surface area (Å²) in [5.41, 5.74) is 5.61. The summed E-state index contributed by atoms with van der Waals surface area (Å²) < 4.78 is 11.0. The van der Waals surface area contributed by atoms with Crippen molar-refractivity contribution < 1.29 is 29.6 Å². The Balaban J connectivity index is 2.28. The standard InChI is InChI=1S/C10H15N3O6/c1-18-10(17)5-8(11)13(3-12-5)9-7(16)6(15)4(2-14)19-9/h3-4,6-7,9,14-16H,2,11H2,1H3/t4-,6-,7-,9-/m1/s1. The van der Waals surface area contributed by atoms with Crippen LogP contribution in [0.3, 0.4) is 0 Å². The molecule has 2 heterocycles. The number of nitrogens with two attached hydrogens (primary N) is 1. The Hall–Kier alpha value is -1.68. The van der Waals surface area contributed by atoms with Crippen molar-refractivity contribution in [1.82, 2.24) is 9.55 Å². The number of aliphatic hydroxyl groups is 3. The first-order valence-electron chi connectivity index (χ1n) is 5.54. The minimum atomic E-state index is -1.29. The summed E-state index contributed by atoms with van der Waals surface area (Å²) in [6.07, 6.45) is -3.30. The van der Waals surface area contributed by atoms with Crippen LogP contribution in [-0.4, -0.2) is 62.9 Å². The van der Waals surface area contributed by atoms with Crippen molar-refractivity contribution in [2.45, 2.75) is 24.5 Å². The van der Waals surface area contributed by atoms with Crippen LogP contribution in [0.25, 0.3) is 0 Å². The molecular weight excluding hydrogens is 258 g/mol. The number of hydrogen-bond donors (Lipinski definition) is 4. The third kappa shape index (κ3) is 2.16. The summed E-state index contributed by atoms with van der Waals surface area (Å²) in [6.45, 7) is -0.451. The molecule has 1 aromatic heterocycles. The molecule has 0 amide bonds. The molecular formula is C10H15N3O6. The lowest BCUT2D eigenvalue weighted by Crippen LogP contribution is -2.33. The largest absolute Gasteiger partial charge is 0.464 e. The molecule has 19 heavy (non-hydrogen) atoms. The van der Waals surface area contributed by atoms with Gasteiger partial charge in [-0.1, -0.05) is 0 Å². The molecule has 0 radical (unpaired) electrons. The molecule has 0 aliphatic carbocycles. The van der Waals surface area contributed by atoms with Gasteiger partial charge in [0.25, 0.3) is 0 Å². The number of nitrogens with zero attached hydrogens (tertiary/aromatic N) is 2. The highest BCUT2D eigenvalue weighted by Crippen LogP contribution is 2.31. The fraction of sp³-hybridized carbons (Fsp3) is 0.600. The van der Waals surface area contributed by atoms with Gasteiger partial charge in [0.15, 0.2) is 11.9 Å². The maximum Gasteiger partial charge on any atom is 0.360 e. The Labute approximate surface area is 108 Å². The van der Waals surface area contributed by atoms with E-state index in [2.05, 4.69) is 9.72 Å². The average molecular weight is 273 g/mol. The van der Waals surface area contributed by atoms with Crippen LogP contribution in [0.1, 0.15) is 16.7 Å². The van der Waals surface area contributed by atoms with Crippen LogP contribution in [0.4, 0.5) is 5.82 Å². The highest BCUT2D eigenvalue weighted by atomic mass is 16.6. The van der Waals surface area contributed by atoms with Gasteiger partial charge in [0.05, 0.1) is 20.0 Å². The summed E-state index contributed by atoms with van der Waals surface area (Å²) in [5, 5.41) is 28.5. The molecule has 0 spiro atoms. The van der Waals surface area contributed by atoms with Gasteiger partial charge in [-0.25, -0.2) is 9.78 Å². The smallest absolute Gasteiger partial charge is 0.360 e. The van der Waals surface area contributed by atoms with Crippen molar-refractivity contribution in [2.24, 2.45) is 0 Å². The van der Waals surface area contributed by atoms with Crippen molar-refractivity contribution in [3.05, 3.63) is 12.0 Å². The second-order valence-corrected chi connectivity index (χ2v) is 4.11. The zero-order valence-electron chi connectivity index (χ0n) is 10.1. The molecule has 106 valence electrons. The van der Waals surface area contributed by atoms with Crippen LogP contribution in [0.15, 0.2) is 6.33 Å². The van der Waals surface area contributed by atoms with E-state index in [-0.39, 0.29) is 11.5 Å². The predicted molar refractivity (Wildman–Crippen MR) is 61.0 cm³/mol. The lowest BCUT2D eigenvalue weighted by atomic mass is 10.1. The number of hydrogen-bond acceptors (Lipinski definition) is 8. The quantitative estimate of drug-likeness (QED) is 0.457. The van der Waals surface area contributed by atoms with E-state index in [1.54, 1.807) is 0 Å². The first-order valence-corrected chi connectivity index (χ1v) is 5.54. The van der Waals surface area contributed by atoms with Crippen LogP contribution < -0.4 is 5.73 Å². The molecule has 0 aromatic carbocycles. The molecule has 1 saturated heterocycles. The van der Waals surface area contributed by atoms with Crippen LogP contribution in [-0.2, 0) is 9.47 Å². The van der Waals surface area contributed by atoms with E-state index in [4.69, 9.17) is 15.6 Å². The number of aliphatic hydroxyl groups excluding tert-OH is 3. The number of esters is 1. The molecule has 1 fully saturated rings. The monoisotopic (exact) mass is 273 g/mol. The summed E-state index contributed by atoms with van der Waals surface area (Å²) in [6, 6.07) is 0. The lowest BCUT2D eigenvalue weighted by Gasteiger charge is -2.17. The summed E-state index contributed by atoms with van der Waals surface area (Å²) in [4.78, 5) is 15.1. The number of rotatable bonds is 3. The van der Waals surface area contributed by atoms with Gasteiger partial charge in [-0.05, 0) is 0 Å². The molecule has 0 saturated carbocycles. The Morgan fingerprint density at radius 2 is 2.26 bits per heavy atom. The minimum Gasteiger partial charge on any atom is -0.464 e. The SMILES string of the molecule is COC(=O)c1ncn([C@@H]2O[C@H](CO)[C@@H](O)[C@H]2O)c1N. The lowest BCUT2D eigenvalue weighted by molar-refractivity contribution is -0.0518. The van der Waals surface area contributed by atoms with Gasteiger partial charge in [-0.15, -0.1) is 0 Å². The molecule has 1 aliphatic heterocycles. The first kappa shape index (κ1) is 13.7. The van der Waals surface area contributed by atoms with E-state index >= 15 is 0 Å². The summed E-state index contributed by atoms with van der Waals surface area (Å²) >= 11 is 0. The number of anilines is 1. The molecule has 1 aromatic rings. The van der Waals surface area contributed by atoms with E-state index in [1.165, 1.54) is 18.0 Å². The molecule has 1 aliphatic rings. The second-order valence-electron chi connectivity index (χ2n) is 4.11. The number of imidazole rings is 1. The second kappa shape index (κ2) is 5.13. The summed E-state index contributed by atoms with van der Waals surface area (Å²) in [5.74, 6) is -0.773.